The van der Waals surface area contributed by atoms with Crippen molar-refractivity contribution < 1.29 is 45.0 Å². The molecule has 0 radical (unpaired) electrons. The average Bonchev–Trinajstić information content (AvgIpc) is 2.92. The zero-order valence-electron chi connectivity index (χ0n) is 23.6. The summed E-state index contributed by atoms with van der Waals surface area (Å²) in [5, 5.41) is 2.64. The number of aryl methyl sites for hydroxylation is 1. The number of urea groups is 1. The summed E-state index contributed by atoms with van der Waals surface area (Å²) in [4.78, 5) is 17.1. The Morgan fingerprint density at radius 2 is 1.65 bits per heavy atom. The summed E-state index contributed by atoms with van der Waals surface area (Å²) in [6, 6.07) is 4.72. The summed E-state index contributed by atoms with van der Waals surface area (Å²) in [5.41, 5.74) is -1.62. The number of rotatable bonds is 8. The van der Waals surface area contributed by atoms with Crippen LogP contribution in [0.15, 0.2) is 36.4 Å². The molecule has 0 bridgehead atoms. The van der Waals surface area contributed by atoms with Crippen molar-refractivity contribution in [3.63, 3.8) is 0 Å². The van der Waals surface area contributed by atoms with Crippen molar-refractivity contribution >= 4 is 18.4 Å². The monoisotopic (exact) mass is 641 g/mol. The molecule has 6 nitrogen and oxygen atoms in total. The van der Waals surface area contributed by atoms with E-state index < -0.39 is 41.4 Å². The number of hydrogen-bond donors (Lipinski definition) is 1. The molecule has 2 saturated heterocycles. The van der Waals surface area contributed by atoms with E-state index >= 15 is 0 Å². The van der Waals surface area contributed by atoms with E-state index in [1.165, 1.54) is 12.1 Å². The Bertz CT molecular complexity index is 1190. The molecular weight excluding hydrogens is 607 g/mol. The summed E-state index contributed by atoms with van der Waals surface area (Å²) >= 11 is 0. The summed E-state index contributed by atoms with van der Waals surface area (Å²) in [6.45, 7) is 6.13. The zero-order chi connectivity index (χ0) is 30.5. The van der Waals surface area contributed by atoms with Gasteiger partial charge in [0.1, 0.15) is 5.82 Å². The second kappa shape index (κ2) is 14.9. The lowest BCUT2D eigenvalue weighted by Gasteiger charge is -2.40. The highest BCUT2D eigenvalue weighted by atomic mass is 35.5. The van der Waals surface area contributed by atoms with Crippen LogP contribution in [0.2, 0.25) is 0 Å². The van der Waals surface area contributed by atoms with Gasteiger partial charge >= 0.3 is 18.4 Å². The van der Waals surface area contributed by atoms with Crippen LogP contribution in [0.25, 0.3) is 0 Å². The molecule has 0 aliphatic carbocycles. The van der Waals surface area contributed by atoms with E-state index in [4.69, 9.17) is 9.47 Å². The van der Waals surface area contributed by atoms with Crippen molar-refractivity contribution in [2.24, 2.45) is 0 Å². The standard InChI is InChI=1S/C29H34F7N3O3.ClH/c1-19-14-23(30)2-3-25(19)26-18-24(42-13-10-38-8-11-41-12-9-38)5-7-39(26)27(40)37-6-4-20-15-21(28(31,32)33)17-22(16-20)29(34,35)36;/h2-3,14-17,24,26H,4-13,18H2,1H3,(H,37,40);1H/t24-,26+;/m0./s1. The molecule has 2 aromatic carbocycles. The molecular formula is C29H35ClF7N3O3. The minimum absolute atomic E-state index is 0. The number of nitrogens with zero attached hydrogens (tertiary/aromatic N) is 2. The van der Waals surface area contributed by atoms with E-state index in [-0.39, 0.29) is 43.1 Å². The van der Waals surface area contributed by atoms with Crippen LogP contribution in [-0.2, 0) is 28.2 Å². The molecule has 2 aliphatic heterocycles. The highest BCUT2D eigenvalue weighted by Gasteiger charge is 2.37. The third-order valence-electron chi connectivity index (χ3n) is 7.61. The fraction of sp³-hybridized carbons (Fsp3) is 0.552. The van der Waals surface area contributed by atoms with E-state index in [0.29, 0.717) is 56.9 Å². The molecule has 2 fully saturated rings. The molecule has 240 valence electrons. The van der Waals surface area contributed by atoms with Crippen molar-refractivity contribution in [3.8, 4) is 0 Å². The summed E-state index contributed by atoms with van der Waals surface area (Å²) in [7, 11) is 0. The Balaban J connectivity index is 0.00000506. The highest BCUT2D eigenvalue weighted by molar-refractivity contribution is 5.85. The molecule has 1 N–H and O–H groups in total. The maximum absolute atomic E-state index is 13.9. The predicted octanol–water partition coefficient (Wildman–Crippen LogP) is 6.40. The smallest absolute Gasteiger partial charge is 0.379 e. The average molecular weight is 642 g/mol. The number of alkyl halides is 6. The van der Waals surface area contributed by atoms with Gasteiger partial charge in [-0.3, -0.25) is 4.90 Å². The Morgan fingerprint density at radius 1 is 1.00 bits per heavy atom. The van der Waals surface area contributed by atoms with Gasteiger partial charge in [-0.25, -0.2) is 9.18 Å². The summed E-state index contributed by atoms with van der Waals surface area (Å²) < 4.78 is 105. The lowest BCUT2D eigenvalue weighted by molar-refractivity contribution is -0.143. The van der Waals surface area contributed by atoms with Gasteiger partial charge in [0.25, 0.3) is 0 Å². The topological polar surface area (TPSA) is 54.0 Å². The molecule has 2 heterocycles. The number of morpholine rings is 1. The first-order valence-corrected chi connectivity index (χ1v) is 13.8. The van der Waals surface area contributed by atoms with Gasteiger partial charge in [0.2, 0.25) is 0 Å². The van der Waals surface area contributed by atoms with Gasteiger partial charge < -0.3 is 19.7 Å². The summed E-state index contributed by atoms with van der Waals surface area (Å²) in [5.74, 6) is -0.416. The van der Waals surface area contributed by atoms with Crippen LogP contribution in [0, 0.1) is 12.7 Å². The van der Waals surface area contributed by atoms with Crippen LogP contribution in [0.1, 0.15) is 46.7 Å². The maximum Gasteiger partial charge on any atom is 0.416 e. The van der Waals surface area contributed by atoms with Crippen LogP contribution < -0.4 is 5.32 Å². The molecule has 2 aromatic rings. The van der Waals surface area contributed by atoms with Gasteiger partial charge in [-0.1, -0.05) is 6.07 Å². The largest absolute Gasteiger partial charge is 0.416 e. The SMILES string of the molecule is Cc1cc(F)ccc1[C@H]1C[C@@H](OCCN2CCOCC2)CCN1C(=O)NCCc1cc(C(F)(F)F)cc(C(F)(F)F)c1.Cl. The number of nitrogens with one attached hydrogen (secondary N) is 1. The first kappa shape index (κ1) is 34.9. The number of carbonyl (C=O) groups is 1. The summed E-state index contributed by atoms with van der Waals surface area (Å²) in [6.07, 6.45) is -9.31. The fourth-order valence-corrected chi connectivity index (χ4v) is 5.39. The van der Waals surface area contributed by atoms with Gasteiger partial charge in [0, 0.05) is 32.7 Å². The van der Waals surface area contributed by atoms with Crippen molar-refractivity contribution in [2.75, 3.05) is 52.5 Å². The van der Waals surface area contributed by atoms with Crippen molar-refractivity contribution in [2.45, 2.75) is 50.7 Å². The lowest BCUT2D eigenvalue weighted by Crippen LogP contribution is -2.48. The van der Waals surface area contributed by atoms with Crippen LogP contribution in [-0.4, -0.2) is 74.5 Å². The number of carbonyl (C=O) groups excluding carboxylic acids is 1. The molecule has 14 heteroatoms. The first-order valence-electron chi connectivity index (χ1n) is 13.8. The Kier molecular flexibility index (Phi) is 12.1. The van der Waals surface area contributed by atoms with E-state index in [1.807, 2.05) is 0 Å². The van der Waals surface area contributed by atoms with Gasteiger partial charge in [0.15, 0.2) is 0 Å². The Hall–Kier alpha value is -2.61. The van der Waals surface area contributed by atoms with Gasteiger partial charge in [0.05, 0.1) is 43.1 Å². The van der Waals surface area contributed by atoms with Gasteiger partial charge in [-0.2, -0.15) is 26.3 Å². The van der Waals surface area contributed by atoms with Crippen LogP contribution in [0.5, 0.6) is 0 Å². The fourth-order valence-electron chi connectivity index (χ4n) is 5.39. The molecule has 4 rings (SSSR count). The second-order valence-corrected chi connectivity index (χ2v) is 10.6. The number of piperidine rings is 1. The first-order chi connectivity index (χ1) is 19.8. The van der Waals surface area contributed by atoms with Crippen LogP contribution in [0.4, 0.5) is 35.5 Å². The number of halogens is 8. The second-order valence-electron chi connectivity index (χ2n) is 10.6. The Labute approximate surface area is 251 Å². The molecule has 43 heavy (non-hydrogen) atoms. The quantitative estimate of drug-likeness (QED) is 0.339. The van der Waals surface area contributed by atoms with Crippen LogP contribution >= 0.6 is 12.4 Å². The van der Waals surface area contributed by atoms with Crippen molar-refractivity contribution in [1.82, 2.24) is 15.1 Å². The highest BCUT2D eigenvalue weighted by Crippen LogP contribution is 2.37. The van der Waals surface area contributed by atoms with E-state index in [9.17, 15) is 35.5 Å². The number of amides is 2. The number of ether oxygens (including phenoxy) is 2. The molecule has 0 aromatic heterocycles. The minimum Gasteiger partial charge on any atom is -0.379 e. The molecule has 2 atom stereocenters. The molecule has 0 spiro atoms. The van der Waals surface area contributed by atoms with Crippen LogP contribution in [0.3, 0.4) is 0 Å². The third-order valence-corrected chi connectivity index (χ3v) is 7.61. The third kappa shape index (κ3) is 9.69. The molecule has 2 aliphatic rings. The normalized spacial score (nSPS) is 20.0. The van der Waals surface area contributed by atoms with E-state index in [1.54, 1.807) is 17.9 Å². The zero-order valence-corrected chi connectivity index (χ0v) is 24.4. The number of benzene rings is 2. The van der Waals surface area contributed by atoms with Gasteiger partial charge in [-0.15, -0.1) is 12.4 Å². The maximum atomic E-state index is 13.9. The Morgan fingerprint density at radius 3 is 2.26 bits per heavy atom. The molecule has 0 saturated carbocycles. The molecule has 2 amide bonds. The van der Waals surface area contributed by atoms with Gasteiger partial charge in [-0.05, 0) is 73.2 Å². The molecule has 0 unspecified atom stereocenters. The lowest BCUT2D eigenvalue weighted by atomic mass is 9.90. The number of hydrogen-bond acceptors (Lipinski definition) is 4. The van der Waals surface area contributed by atoms with E-state index in [0.717, 1.165) is 25.2 Å². The predicted molar refractivity (Wildman–Crippen MR) is 148 cm³/mol. The van der Waals surface area contributed by atoms with Crippen molar-refractivity contribution in [1.29, 1.82) is 0 Å². The van der Waals surface area contributed by atoms with E-state index in [2.05, 4.69) is 10.2 Å². The number of likely N-dealkylation sites (tertiary alicyclic amines) is 1. The van der Waals surface area contributed by atoms with Crippen molar-refractivity contribution in [3.05, 3.63) is 70.0 Å². The minimum atomic E-state index is -4.95.